The van der Waals surface area contributed by atoms with E-state index in [2.05, 4.69) is 43.0 Å². The lowest BCUT2D eigenvalue weighted by atomic mass is 10.1. The van der Waals surface area contributed by atoms with E-state index in [9.17, 15) is 9.00 Å². The van der Waals surface area contributed by atoms with Crippen molar-refractivity contribution in [3.63, 3.8) is 0 Å². The highest BCUT2D eigenvalue weighted by atomic mass is 32.2. The largest absolute Gasteiger partial charge is 0.455 e. The lowest BCUT2D eigenvalue weighted by molar-refractivity contribution is 0.0692. The quantitative estimate of drug-likeness (QED) is 0.589. The molecule has 6 heteroatoms. The van der Waals surface area contributed by atoms with Crippen LogP contribution >= 0.6 is 0 Å². The average Bonchev–Trinajstić information content (AvgIpc) is 3.22. The average molecular weight is 437 g/mol. The smallest absolute Gasteiger partial charge is 0.289 e. The molecule has 1 amide bonds. The SMILES string of the molecule is Cc1ccc([S@](=O)Cc2ccc(C(=O)N3CCN(c4cccc(C)c4)[C@H](C)C3)o2)cc1. The Kier molecular flexibility index (Phi) is 6.28. The molecular formula is C25H28N2O3S. The van der Waals surface area contributed by atoms with E-state index in [0.29, 0.717) is 24.6 Å². The van der Waals surface area contributed by atoms with Crippen LogP contribution in [0.3, 0.4) is 0 Å². The Morgan fingerprint density at radius 3 is 2.52 bits per heavy atom. The molecule has 0 radical (unpaired) electrons. The number of benzene rings is 2. The molecule has 0 saturated carbocycles. The molecular weight excluding hydrogens is 408 g/mol. The number of anilines is 1. The van der Waals surface area contributed by atoms with Gasteiger partial charge in [0.15, 0.2) is 5.76 Å². The van der Waals surface area contributed by atoms with Crippen molar-refractivity contribution in [2.45, 2.75) is 37.5 Å². The highest BCUT2D eigenvalue weighted by molar-refractivity contribution is 7.84. The van der Waals surface area contributed by atoms with E-state index in [-0.39, 0.29) is 17.7 Å². The topological polar surface area (TPSA) is 53.8 Å². The van der Waals surface area contributed by atoms with Gasteiger partial charge in [-0.25, -0.2) is 0 Å². The van der Waals surface area contributed by atoms with Gasteiger partial charge in [0.25, 0.3) is 5.91 Å². The molecule has 1 saturated heterocycles. The molecule has 0 aliphatic carbocycles. The summed E-state index contributed by atoms with van der Waals surface area (Å²) >= 11 is 0. The molecule has 2 heterocycles. The molecule has 0 unspecified atom stereocenters. The second-order valence-corrected chi connectivity index (χ2v) is 9.65. The molecule has 0 bridgehead atoms. The van der Waals surface area contributed by atoms with Crippen LogP contribution in [0.4, 0.5) is 5.69 Å². The van der Waals surface area contributed by atoms with Gasteiger partial charge in [-0.05, 0) is 62.7 Å². The van der Waals surface area contributed by atoms with Crippen LogP contribution in [-0.4, -0.2) is 40.7 Å². The zero-order valence-corrected chi connectivity index (χ0v) is 19.0. The molecule has 2 aromatic carbocycles. The normalized spacial score (nSPS) is 17.6. The third-order valence-electron chi connectivity index (χ3n) is 5.68. The van der Waals surface area contributed by atoms with Gasteiger partial charge in [0.1, 0.15) is 5.76 Å². The molecule has 162 valence electrons. The van der Waals surface area contributed by atoms with Crippen LogP contribution < -0.4 is 4.90 Å². The maximum absolute atomic E-state index is 13.0. The number of aryl methyl sites for hydroxylation is 2. The van der Waals surface area contributed by atoms with E-state index in [1.54, 1.807) is 12.1 Å². The number of amides is 1. The first-order valence-electron chi connectivity index (χ1n) is 10.6. The van der Waals surface area contributed by atoms with Gasteiger partial charge in [-0.1, -0.05) is 29.8 Å². The van der Waals surface area contributed by atoms with Gasteiger partial charge in [-0.3, -0.25) is 9.00 Å². The summed E-state index contributed by atoms with van der Waals surface area (Å²) in [4.78, 5) is 17.9. The van der Waals surface area contributed by atoms with Crippen molar-refractivity contribution in [3.05, 3.63) is 83.3 Å². The van der Waals surface area contributed by atoms with Crippen molar-refractivity contribution in [1.29, 1.82) is 0 Å². The fraction of sp³-hybridized carbons (Fsp3) is 0.320. The number of carbonyl (C=O) groups is 1. The Morgan fingerprint density at radius 1 is 1.03 bits per heavy atom. The minimum absolute atomic E-state index is 0.108. The molecule has 1 fully saturated rings. The minimum atomic E-state index is -1.21. The molecule has 4 rings (SSSR count). The standard InChI is InChI=1S/C25H28N2O3S/c1-18-7-10-23(11-8-18)31(29)17-22-9-12-24(30-22)25(28)26-13-14-27(20(3)16-26)21-6-4-5-19(2)15-21/h4-12,15,20H,13-14,16-17H2,1-3H3/t20-,31-/m1/s1. The van der Waals surface area contributed by atoms with Gasteiger partial charge in [0.2, 0.25) is 0 Å². The van der Waals surface area contributed by atoms with E-state index in [0.717, 1.165) is 17.0 Å². The second kappa shape index (κ2) is 9.10. The van der Waals surface area contributed by atoms with Crippen molar-refractivity contribution in [3.8, 4) is 0 Å². The van der Waals surface area contributed by atoms with Crippen molar-refractivity contribution in [2.24, 2.45) is 0 Å². The van der Waals surface area contributed by atoms with Crippen LogP contribution in [0.1, 0.15) is 34.4 Å². The number of carbonyl (C=O) groups excluding carboxylic acids is 1. The Bertz CT molecular complexity index is 1090. The maximum Gasteiger partial charge on any atom is 0.289 e. The molecule has 0 N–H and O–H groups in total. The summed E-state index contributed by atoms with van der Waals surface area (Å²) in [6.07, 6.45) is 0. The molecule has 1 aliphatic heterocycles. The van der Waals surface area contributed by atoms with Gasteiger partial charge in [-0.15, -0.1) is 0 Å². The third kappa shape index (κ3) is 4.90. The summed E-state index contributed by atoms with van der Waals surface area (Å²) in [5, 5.41) is 0. The zero-order chi connectivity index (χ0) is 22.0. The Morgan fingerprint density at radius 2 is 1.81 bits per heavy atom. The lowest BCUT2D eigenvalue weighted by Gasteiger charge is -2.41. The number of hydrogen-bond acceptors (Lipinski definition) is 4. The predicted octanol–water partition coefficient (Wildman–Crippen LogP) is 4.56. The van der Waals surface area contributed by atoms with Gasteiger partial charge < -0.3 is 14.2 Å². The first-order chi connectivity index (χ1) is 14.9. The minimum Gasteiger partial charge on any atom is -0.455 e. The first-order valence-corrected chi connectivity index (χ1v) is 11.9. The molecule has 31 heavy (non-hydrogen) atoms. The Hall–Kier alpha value is -2.86. The van der Waals surface area contributed by atoms with Crippen molar-refractivity contribution >= 4 is 22.4 Å². The summed E-state index contributed by atoms with van der Waals surface area (Å²) in [5.74, 6) is 1.03. The van der Waals surface area contributed by atoms with Gasteiger partial charge >= 0.3 is 0 Å². The van der Waals surface area contributed by atoms with Crippen molar-refractivity contribution < 1.29 is 13.4 Å². The summed E-state index contributed by atoms with van der Waals surface area (Å²) in [7, 11) is -1.21. The fourth-order valence-corrected chi connectivity index (χ4v) is 4.98. The molecule has 1 aliphatic rings. The highest BCUT2D eigenvalue weighted by Gasteiger charge is 2.29. The molecule has 5 nitrogen and oxygen atoms in total. The summed E-state index contributed by atoms with van der Waals surface area (Å²) < 4.78 is 18.4. The van der Waals surface area contributed by atoms with Crippen LogP contribution in [-0.2, 0) is 16.6 Å². The highest BCUT2D eigenvalue weighted by Crippen LogP contribution is 2.23. The number of nitrogens with zero attached hydrogens (tertiary/aromatic N) is 2. The van der Waals surface area contributed by atoms with E-state index >= 15 is 0 Å². The van der Waals surface area contributed by atoms with E-state index in [4.69, 9.17) is 4.42 Å². The van der Waals surface area contributed by atoms with E-state index in [1.807, 2.05) is 36.1 Å². The Balaban J connectivity index is 1.39. The number of rotatable bonds is 5. The van der Waals surface area contributed by atoms with E-state index < -0.39 is 10.8 Å². The number of furan rings is 1. The maximum atomic E-state index is 13.0. The van der Waals surface area contributed by atoms with Crippen LogP contribution in [0.2, 0.25) is 0 Å². The van der Waals surface area contributed by atoms with Crippen molar-refractivity contribution in [2.75, 3.05) is 24.5 Å². The van der Waals surface area contributed by atoms with Crippen LogP contribution in [0, 0.1) is 13.8 Å². The van der Waals surface area contributed by atoms with Crippen LogP contribution in [0.5, 0.6) is 0 Å². The van der Waals surface area contributed by atoms with E-state index in [1.165, 1.54) is 11.3 Å². The number of piperazine rings is 1. The molecule has 0 spiro atoms. The molecule has 2 atom stereocenters. The zero-order valence-electron chi connectivity index (χ0n) is 18.2. The second-order valence-electron chi connectivity index (χ2n) is 8.20. The summed E-state index contributed by atoms with van der Waals surface area (Å²) in [5.41, 5.74) is 3.55. The first kappa shape index (κ1) is 21.4. The Labute approximate surface area is 186 Å². The van der Waals surface area contributed by atoms with Gasteiger partial charge in [0, 0.05) is 36.3 Å². The van der Waals surface area contributed by atoms with Crippen LogP contribution in [0.25, 0.3) is 0 Å². The summed E-state index contributed by atoms with van der Waals surface area (Å²) in [6, 6.07) is 19.8. The molecule has 3 aromatic rings. The monoisotopic (exact) mass is 436 g/mol. The summed E-state index contributed by atoms with van der Waals surface area (Å²) in [6.45, 7) is 8.29. The predicted molar refractivity (Wildman–Crippen MR) is 124 cm³/mol. The molecule has 1 aromatic heterocycles. The van der Waals surface area contributed by atoms with Crippen LogP contribution in [0.15, 0.2) is 70.0 Å². The lowest BCUT2D eigenvalue weighted by Crippen LogP contribution is -2.53. The number of hydrogen-bond donors (Lipinski definition) is 0. The van der Waals surface area contributed by atoms with Crippen molar-refractivity contribution in [1.82, 2.24) is 4.90 Å². The van der Waals surface area contributed by atoms with Gasteiger partial charge in [-0.2, -0.15) is 0 Å². The third-order valence-corrected chi connectivity index (χ3v) is 7.02. The van der Waals surface area contributed by atoms with Gasteiger partial charge in [0.05, 0.1) is 16.6 Å². The fourth-order valence-electron chi connectivity index (χ4n) is 3.96.